The summed E-state index contributed by atoms with van der Waals surface area (Å²) in [5.74, 6) is 0. The zero-order valence-electron chi connectivity index (χ0n) is 13.7. The van der Waals surface area contributed by atoms with Gasteiger partial charge in [-0.25, -0.2) is 8.42 Å². The molecule has 1 saturated carbocycles. The summed E-state index contributed by atoms with van der Waals surface area (Å²) in [5.41, 5.74) is 5.82. The van der Waals surface area contributed by atoms with Crippen molar-refractivity contribution < 1.29 is 8.42 Å². The van der Waals surface area contributed by atoms with Crippen LogP contribution >= 0.6 is 0 Å². The molecular weight excluding hydrogens is 286 g/mol. The number of hydrogen-bond acceptors (Lipinski definition) is 5. The van der Waals surface area contributed by atoms with Crippen LogP contribution in [0.1, 0.15) is 39.0 Å². The van der Waals surface area contributed by atoms with E-state index in [0.717, 1.165) is 51.7 Å². The molecule has 0 radical (unpaired) electrons. The molecule has 0 bridgehead atoms. The van der Waals surface area contributed by atoms with E-state index in [2.05, 4.69) is 23.8 Å². The third-order valence-corrected chi connectivity index (χ3v) is 7.20. The van der Waals surface area contributed by atoms with Gasteiger partial charge in [0, 0.05) is 31.9 Å². The largest absolute Gasteiger partial charge is 0.329 e. The Hall–Kier alpha value is -0.170. The van der Waals surface area contributed by atoms with Crippen LogP contribution in [0.4, 0.5) is 0 Å². The monoisotopic (exact) mass is 317 g/mol. The predicted octanol–water partition coefficient (Wildman–Crippen LogP) is 0.697. The van der Waals surface area contributed by atoms with Gasteiger partial charge >= 0.3 is 0 Å². The fourth-order valence-electron chi connectivity index (χ4n) is 4.49. The normalized spacial score (nSPS) is 36.8. The molecule has 0 aromatic carbocycles. The Bertz CT molecular complexity index is 454. The number of sulfone groups is 1. The molecule has 1 aliphatic heterocycles. The van der Waals surface area contributed by atoms with Gasteiger partial charge in [0.25, 0.3) is 0 Å². The number of nitrogens with zero attached hydrogens (tertiary/aromatic N) is 2. The third kappa shape index (κ3) is 3.28. The van der Waals surface area contributed by atoms with E-state index in [1.54, 1.807) is 0 Å². The summed E-state index contributed by atoms with van der Waals surface area (Å²) in [6.45, 7) is 5.70. The van der Waals surface area contributed by atoms with E-state index in [1.807, 2.05) is 0 Å². The molecule has 3 unspecified atom stereocenters. The molecule has 0 aromatic heterocycles. The van der Waals surface area contributed by atoms with Gasteiger partial charge in [0.2, 0.25) is 0 Å². The van der Waals surface area contributed by atoms with Crippen LogP contribution in [0.2, 0.25) is 0 Å². The molecule has 2 fully saturated rings. The first-order chi connectivity index (χ1) is 9.85. The Morgan fingerprint density at radius 1 is 1.29 bits per heavy atom. The summed E-state index contributed by atoms with van der Waals surface area (Å²) in [5, 5.41) is -0.299. The highest BCUT2D eigenvalue weighted by Crippen LogP contribution is 2.41. The van der Waals surface area contributed by atoms with Crippen LogP contribution in [-0.4, -0.2) is 74.5 Å². The lowest BCUT2D eigenvalue weighted by molar-refractivity contribution is 0.0533. The van der Waals surface area contributed by atoms with Gasteiger partial charge in [-0.1, -0.05) is 13.3 Å². The molecule has 2 rings (SSSR count). The van der Waals surface area contributed by atoms with Crippen LogP contribution in [0, 0.1) is 0 Å². The first kappa shape index (κ1) is 17.2. The minimum absolute atomic E-state index is 0.299. The summed E-state index contributed by atoms with van der Waals surface area (Å²) >= 11 is 0. The molecule has 3 atom stereocenters. The second kappa shape index (κ2) is 6.52. The highest BCUT2D eigenvalue weighted by Gasteiger charge is 2.52. The van der Waals surface area contributed by atoms with Gasteiger partial charge in [-0.05, 0) is 39.3 Å². The highest BCUT2D eigenvalue weighted by molar-refractivity contribution is 7.91. The first-order valence-corrected chi connectivity index (χ1v) is 10.1. The maximum absolute atomic E-state index is 12.3. The summed E-state index contributed by atoms with van der Waals surface area (Å²) < 4.78 is 24.6. The maximum atomic E-state index is 12.3. The summed E-state index contributed by atoms with van der Waals surface area (Å²) in [4.78, 5) is 4.83. The third-order valence-electron chi connectivity index (χ3n) is 5.49. The molecule has 2 N–H and O–H groups in total. The van der Waals surface area contributed by atoms with Crippen LogP contribution in [-0.2, 0) is 9.84 Å². The van der Waals surface area contributed by atoms with Crippen molar-refractivity contribution in [3.63, 3.8) is 0 Å². The van der Waals surface area contributed by atoms with Crippen molar-refractivity contribution in [1.29, 1.82) is 0 Å². The molecule has 1 saturated heterocycles. The van der Waals surface area contributed by atoms with Crippen LogP contribution in [0.25, 0.3) is 0 Å². The standard InChI is InChI=1S/C15H31N3O2S/c1-4-13-11-17(2)9-6-10-18(13)15(12-16)8-5-7-14(15)21(3,19)20/h13-14H,4-12,16H2,1-3H3. The fourth-order valence-corrected chi connectivity index (χ4v) is 6.24. The van der Waals surface area contributed by atoms with Crippen LogP contribution in [0.5, 0.6) is 0 Å². The molecule has 5 nitrogen and oxygen atoms in total. The Labute approximate surface area is 129 Å². The van der Waals surface area contributed by atoms with E-state index in [1.165, 1.54) is 6.26 Å². The van der Waals surface area contributed by atoms with E-state index < -0.39 is 9.84 Å². The zero-order chi connectivity index (χ0) is 15.7. The van der Waals surface area contributed by atoms with E-state index in [4.69, 9.17) is 5.73 Å². The molecule has 0 amide bonds. The van der Waals surface area contributed by atoms with Gasteiger partial charge in [0.05, 0.1) is 10.8 Å². The van der Waals surface area contributed by atoms with Crippen molar-refractivity contribution in [2.75, 3.05) is 39.5 Å². The predicted molar refractivity (Wildman–Crippen MR) is 87.2 cm³/mol. The highest BCUT2D eigenvalue weighted by atomic mass is 32.2. The number of nitrogens with two attached hydrogens (primary N) is 1. The average Bonchev–Trinajstić information content (AvgIpc) is 2.77. The Morgan fingerprint density at radius 2 is 2.00 bits per heavy atom. The van der Waals surface area contributed by atoms with Gasteiger partial charge in [-0.2, -0.15) is 0 Å². The van der Waals surface area contributed by atoms with Crippen LogP contribution in [0.15, 0.2) is 0 Å². The van der Waals surface area contributed by atoms with Crippen molar-refractivity contribution in [2.24, 2.45) is 5.73 Å². The van der Waals surface area contributed by atoms with Gasteiger partial charge in [0.15, 0.2) is 9.84 Å². The second-order valence-electron chi connectivity index (χ2n) is 6.89. The number of rotatable bonds is 4. The first-order valence-electron chi connectivity index (χ1n) is 8.19. The molecule has 0 aromatic rings. The van der Waals surface area contributed by atoms with Crippen molar-refractivity contribution in [3.05, 3.63) is 0 Å². The van der Waals surface area contributed by atoms with Gasteiger partial charge in [-0.3, -0.25) is 4.90 Å². The molecule has 124 valence electrons. The molecule has 2 aliphatic rings. The van der Waals surface area contributed by atoms with Crippen molar-refractivity contribution >= 4 is 9.84 Å². The van der Waals surface area contributed by atoms with E-state index in [9.17, 15) is 8.42 Å². The molecule has 6 heteroatoms. The zero-order valence-corrected chi connectivity index (χ0v) is 14.5. The Kier molecular flexibility index (Phi) is 5.34. The van der Waals surface area contributed by atoms with Gasteiger partial charge in [0.1, 0.15) is 0 Å². The smallest absolute Gasteiger partial charge is 0.152 e. The fraction of sp³-hybridized carbons (Fsp3) is 1.00. The topological polar surface area (TPSA) is 66.6 Å². The van der Waals surface area contributed by atoms with Crippen molar-refractivity contribution in [2.45, 2.75) is 55.9 Å². The Morgan fingerprint density at radius 3 is 2.57 bits per heavy atom. The van der Waals surface area contributed by atoms with Crippen LogP contribution in [0.3, 0.4) is 0 Å². The second-order valence-corrected chi connectivity index (χ2v) is 9.12. The Balaban J connectivity index is 2.37. The lowest BCUT2D eigenvalue weighted by Gasteiger charge is -2.47. The summed E-state index contributed by atoms with van der Waals surface area (Å²) in [6.07, 6.45) is 6.17. The minimum Gasteiger partial charge on any atom is -0.329 e. The SMILES string of the molecule is CCC1CN(C)CCCN1C1(CN)CCCC1S(C)(=O)=O. The summed E-state index contributed by atoms with van der Waals surface area (Å²) in [6, 6.07) is 0.406. The minimum atomic E-state index is -3.06. The van der Waals surface area contributed by atoms with Crippen LogP contribution < -0.4 is 5.73 Å². The number of likely N-dealkylation sites (N-methyl/N-ethyl adjacent to an activating group) is 1. The van der Waals surface area contributed by atoms with Crippen molar-refractivity contribution in [1.82, 2.24) is 9.80 Å². The van der Waals surface area contributed by atoms with E-state index in [0.29, 0.717) is 12.6 Å². The van der Waals surface area contributed by atoms with E-state index in [-0.39, 0.29) is 10.8 Å². The molecule has 0 spiro atoms. The quantitative estimate of drug-likeness (QED) is 0.827. The maximum Gasteiger partial charge on any atom is 0.152 e. The number of hydrogen-bond donors (Lipinski definition) is 1. The molecular formula is C15H31N3O2S. The lowest BCUT2D eigenvalue weighted by atomic mass is 9.91. The molecule has 1 aliphatic carbocycles. The van der Waals surface area contributed by atoms with Gasteiger partial charge < -0.3 is 10.6 Å². The van der Waals surface area contributed by atoms with Crippen molar-refractivity contribution in [3.8, 4) is 0 Å². The van der Waals surface area contributed by atoms with Gasteiger partial charge in [-0.15, -0.1) is 0 Å². The average molecular weight is 317 g/mol. The molecule has 21 heavy (non-hydrogen) atoms. The lowest BCUT2D eigenvalue weighted by Crippen LogP contribution is -2.64. The molecule has 1 heterocycles. The van der Waals surface area contributed by atoms with E-state index >= 15 is 0 Å². The summed E-state index contributed by atoms with van der Waals surface area (Å²) in [7, 11) is -0.907.